The number of halogens is 1. The SMILES string of the molecule is CC(C)n1c(-c2cc(N)n[nH]2)nc2cc(Cl)ccc21. The van der Waals surface area contributed by atoms with Crippen LogP contribution in [0.25, 0.3) is 22.6 Å². The molecule has 0 saturated heterocycles. The Morgan fingerprint density at radius 1 is 1.32 bits per heavy atom. The fraction of sp³-hybridized carbons (Fsp3) is 0.231. The number of benzene rings is 1. The lowest BCUT2D eigenvalue weighted by Crippen LogP contribution is -2.03. The Morgan fingerprint density at radius 2 is 2.11 bits per heavy atom. The molecule has 5 nitrogen and oxygen atoms in total. The molecule has 2 heterocycles. The van der Waals surface area contributed by atoms with E-state index in [4.69, 9.17) is 17.3 Å². The van der Waals surface area contributed by atoms with Gasteiger partial charge in [-0.15, -0.1) is 0 Å². The minimum atomic E-state index is 0.269. The number of nitrogens with zero attached hydrogens (tertiary/aromatic N) is 3. The molecule has 0 radical (unpaired) electrons. The standard InChI is InChI=1S/C13H14ClN5/c1-7(2)19-11-4-3-8(14)5-9(11)16-13(19)10-6-12(15)18-17-10/h3-7H,1-2H3,(H3,15,17,18). The van der Waals surface area contributed by atoms with Gasteiger partial charge in [-0.25, -0.2) is 4.98 Å². The van der Waals surface area contributed by atoms with E-state index in [1.807, 2.05) is 18.2 Å². The number of fused-ring (bicyclic) bond motifs is 1. The Kier molecular flexibility index (Phi) is 2.71. The van der Waals surface area contributed by atoms with Gasteiger partial charge in [0.15, 0.2) is 5.82 Å². The summed E-state index contributed by atoms with van der Waals surface area (Å²) in [7, 11) is 0. The van der Waals surface area contributed by atoms with Crippen molar-refractivity contribution in [3.8, 4) is 11.5 Å². The van der Waals surface area contributed by atoms with Crippen molar-refractivity contribution >= 4 is 28.5 Å². The van der Waals surface area contributed by atoms with Crippen molar-refractivity contribution in [3.05, 3.63) is 29.3 Å². The molecule has 0 amide bonds. The third kappa shape index (κ3) is 1.96. The lowest BCUT2D eigenvalue weighted by atomic mass is 10.3. The van der Waals surface area contributed by atoms with Gasteiger partial charge < -0.3 is 10.3 Å². The van der Waals surface area contributed by atoms with Crippen LogP contribution in [-0.2, 0) is 0 Å². The summed E-state index contributed by atoms with van der Waals surface area (Å²) in [5, 5.41) is 7.53. The molecule has 0 atom stereocenters. The van der Waals surface area contributed by atoms with Gasteiger partial charge in [0, 0.05) is 17.1 Å². The second kappa shape index (κ2) is 4.28. The first-order valence-corrected chi connectivity index (χ1v) is 6.43. The number of rotatable bonds is 2. The summed E-state index contributed by atoms with van der Waals surface area (Å²) in [5.41, 5.74) is 8.37. The average Bonchev–Trinajstić information content (AvgIpc) is 2.91. The highest BCUT2D eigenvalue weighted by atomic mass is 35.5. The number of hydrogen-bond donors (Lipinski definition) is 2. The summed E-state index contributed by atoms with van der Waals surface area (Å²) < 4.78 is 2.14. The van der Waals surface area contributed by atoms with Gasteiger partial charge in [0.05, 0.1) is 11.0 Å². The highest BCUT2D eigenvalue weighted by Gasteiger charge is 2.16. The molecule has 0 fully saturated rings. The summed E-state index contributed by atoms with van der Waals surface area (Å²) in [6, 6.07) is 7.76. The van der Waals surface area contributed by atoms with Gasteiger partial charge in [-0.2, -0.15) is 5.10 Å². The van der Waals surface area contributed by atoms with Crippen molar-refractivity contribution in [2.45, 2.75) is 19.9 Å². The highest BCUT2D eigenvalue weighted by Crippen LogP contribution is 2.29. The highest BCUT2D eigenvalue weighted by molar-refractivity contribution is 6.31. The summed E-state index contributed by atoms with van der Waals surface area (Å²) >= 11 is 6.02. The lowest BCUT2D eigenvalue weighted by molar-refractivity contribution is 0.623. The van der Waals surface area contributed by atoms with E-state index in [1.165, 1.54) is 0 Å². The number of H-pyrrole nitrogens is 1. The minimum Gasteiger partial charge on any atom is -0.382 e. The van der Waals surface area contributed by atoms with Crippen LogP contribution in [0.4, 0.5) is 5.82 Å². The van der Waals surface area contributed by atoms with E-state index in [2.05, 4.69) is 33.6 Å². The van der Waals surface area contributed by atoms with Crippen LogP contribution in [0.2, 0.25) is 5.02 Å². The summed E-state index contributed by atoms with van der Waals surface area (Å²) in [4.78, 5) is 4.63. The molecule has 0 unspecified atom stereocenters. The molecule has 2 aromatic heterocycles. The average molecular weight is 276 g/mol. The van der Waals surface area contributed by atoms with E-state index in [9.17, 15) is 0 Å². The molecule has 0 saturated carbocycles. The maximum atomic E-state index is 6.02. The van der Waals surface area contributed by atoms with Crippen molar-refractivity contribution in [2.75, 3.05) is 5.73 Å². The fourth-order valence-corrected chi connectivity index (χ4v) is 2.40. The zero-order chi connectivity index (χ0) is 13.6. The molecule has 6 heteroatoms. The molecular formula is C13H14ClN5. The van der Waals surface area contributed by atoms with E-state index in [0.29, 0.717) is 10.8 Å². The molecule has 3 N–H and O–H groups in total. The molecule has 19 heavy (non-hydrogen) atoms. The van der Waals surface area contributed by atoms with Crippen LogP contribution in [0.15, 0.2) is 24.3 Å². The normalized spacial score (nSPS) is 11.6. The van der Waals surface area contributed by atoms with Crippen LogP contribution in [0.1, 0.15) is 19.9 Å². The number of hydrogen-bond acceptors (Lipinski definition) is 3. The Bertz CT molecular complexity index is 741. The van der Waals surface area contributed by atoms with Crippen molar-refractivity contribution in [3.63, 3.8) is 0 Å². The number of aromatic nitrogens is 4. The van der Waals surface area contributed by atoms with Crippen LogP contribution >= 0.6 is 11.6 Å². The van der Waals surface area contributed by atoms with Gasteiger partial charge >= 0.3 is 0 Å². The van der Waals surface area contributed by atoms with Crippen LogP contribution in [0.3, 0.4) is 0 Å². The van der Waals surface area contributed by atoms with E-state index in [0.717, 1.165) is 22.6 Å². The Morgan fingerprint density at radius 3 is 2.74 bits per heavy atom. The second-order valence-electron chi connectivity index (χ2n) is 4.74. The van der Waals surface area contributed by atoms with E-state index >= 15 is 0 Å². The zero-order valence-corrected chi connectivity index (χ0v) is 11.4. The molecule has 0 aliphatic rings. The largest absolute Gasteiger partial charge is 0.382 e. The number of aromatic amines is 1. The summed E-state index contributed by atoms with van der Waals surface area (Å²) in [5.74, 6) is 1.27. The first-order chi connectivity index (χ1) is 9.06. The summed E-state index contributed by atoms with van der Waals surface area (Å²) in [6.45, 7) is 4.22. The van der Waals surface area contributed by atoms with Crippen LogP contribution in [0, 0.1) is 0 Å². The predicted octanol–water partition coefficient (Wildman–Crippen LogP) is 3.24. The predicted molar refractivity (Wildman–Crippen MR) is 77.1 cm³/mol. The van der Waals surface area contributed by atoms with Crippen molar-refractivity contribution in [2.24, 2.45) is 0 Å². The molecule has 0 aliphatic heterocycles. The molecule has 1 aromatic carbocycles. The van der Waals surface area contributed by atoms with Crippen LogP contribution in [0.5, 0.6) is 0 Å². The number of imidazole rings is 1. The number of nitrogens with one attached hydrogen (secondary N) is 1. The topological polar surface area (TPSA) is 72.5 Å². The van der Waals surface area contributed by atoms with E-state index in [1.54, 1.807) is 6.07 Å². The Labute approximate surface area is 115 Å². The minimum absolute atomic E-state index is 0.269. The van der Waals surface area contributed by atoms with Crippen molar-refractivity contribution in [1.29, 1.82) is 0 Å². The first-order valence-electron chi connectivity index (χ1n) is 6.05. The number of nitrogen functional groups attached to an aromatic ring is 1. The van der Waals surface area contributed by atoms with Crippen LogP contribution < -0.4 is 5.73 Å². The molecule has 98 valence electrons. The smallest absolute Gasteiger partial charge is 0.159 e. The molecular weight excluding hydrogens is 262 g/mol. The van der Waals surface area contributed by atoms with E-state index < -0.39 is 0 Å². The summed E-state index contributed by atoms with van der Waals surface area (Å²) in [6.07, 6.45) is 0. The van der Waals surface area contributed by atoms with Gasteiger partial charge in [-0.05, 0) is 32.0 Å². The molecule has 3 aromatic rings. The quantitative estimate of drug-likeness (QED) is 0.754. The zero-order valence-electron chi connectivity index (χ0n) is 10.7. The molecule has 0 spiro atoms. The Hall–Kier alpha value is -2.01. The Balaban J connectivity index is 2.31. The fourth-order valence-electron chi connectivity index (χ4n) is 2.24. The second-order valence-corrected chi connectivity index (χ2v) is 5.18. The van der Waals surface area contributed by atoms with Gasteiger partial charge in [0.2, 0.25) is 0 Å². The number of anilines is 1. The molecule has 0 bridgehead atoms. The maximum absolute atomic E-state index is 6.02. The monoisotopic (exact) mass is 275 g/mol. The maximum Gasteiger partial charge on any atom is 0.159 e. The van der Waals surface area contributed by atoms with Gasteiger partial charge in [-0.1, -0.05) is 11.6 Å². The van der Waals surface area contributed by atoms with E-state index in [-0.39, 0.29) is 6.04 Å². The van der Waals surface area contributed by atoms with Crippen LogP contribution in [-0.4, -0.2) is 19.7 Å². The van der Waals surface area contributed by atoms with Gasteiger partial charge in [-0.3, -0.25) is 5.10 Å². The third-order valence-electron chi connectivity index (χ3n) is 3.01. The third-order valence-corrected chi connectivity index (χ3v) is 3.24. The van der Waals surface area contributed by atoms with Gasteiger partial charge in [0.25, 0.3) is 0 Å². The van der Waals surface area contributed by atoms with Crippen molar-refractivity contribution in [1.82, 2.24) is 19.7 Å². The lowest BCUT2D eigenvalue weighted by Gasteiger charge is -2.11. The number of nitrogens with two attached hydrogens (primary N) is 1. The van der Waals surface area contributed by atoms with Crippen molar-refractivity contribution < 1.29 is 0 Å². The first kappa shape index (κ1) is 12.0. The molecule has 3 rings (SSSR count). The van der Waals surface area contributed by atoms with Gasteiger partial charge in [0.1, 0.15) is 11.5 Å². The molecule has 0 aliphatic carbocycles.